The van der Waals surface area contributed by atoms with E-state index in [0.29, 0.717) is 19.6 Å². The van der Waals surface area contributed by atoms with E-state index in [1.165, 1.54) is 0 Å². The van der Waals surface area contributed by atoms with Crippen molar-refractivity contribution in [2.45, 2.75) is 39.8 Å². The van der Waals surface area contributed by atoms with E-state index in [-0.39, 0.29) is 5.91 Å². The normalized spacial score (nSPS) is 10.5. The van der Waals surface area contributed by atoms with Crippen molar-refractivity contribution >= 4 is 17.2 Å². The Labute approximate surface area is 147 Å². The number of methoxy groups -OCH3 is 1. The van der Waals surface area contributed by atoms with Crippen LogP contribution in [0, 0.1) is 0 Å². The fourth-order valence-corrected chi connectivity index (χ4v) is 2.98. The predicted molar refractivity (Wildman–Crippen MR) is 95.4 cm³/mol. The fraction of sp³-hybridized carbons (Fsp3) is 0.444. The van der Waals surface area contributed by atoms with Gasteiger partial charge in [0.05, 0.1) is 19.3 Å². The van der Waals surface area contributed by atoms with Gasteiger partial charge in [-0.1, -0.05) is 13.8 Å². The summed E-state index contributed by atoms with van der Waals surface area (Å²) in [5, 5.41) is 2.90. The molecule has 0 unspecified atom stereocenters. The maximum atomic E-state index is 11.9. The second-order valence-corrected chi connectivity index (χ2v) is 6.31. The predicted octanol–water partition coefficient (Wildman–Crippen LogP) is 3.88. The number of hydrogen-bond donors (Lipinski definition) is 0. The van der Waals surface area contributed by atoms with Gasteiger partial charge in [0.1, 0.15) is 23.1 Å². The van der Waals surface area contributed by atoms with Crippen molar-refractivity contribution in [1.29, 1.82) is 0 Å². The standard InChI is InChI=1S/C18H24N2O3S/c1-4-10-20(18(21)5-2)11-14-13-24-17(19-14)12-23-16-8-6-15(22-3)7-9-16/h6-9,13H,4-5,10-12H2,1-3H3. The summed E-state index contributed by atoms with van der Waals surface area (Å²) >= 11 is 1.56. The number of aromatic nitrogens is 1. The number of carbonyl (C=O) groups is 1. The smallest absolute Gasteiger partial charge is 0.222 e. The zero-order valence-electron chi connectivity index (χ0n) is 14.4. The highest BCUT2D eigenvalue weighted by Crippen LogP contribution is 2.19. The molecular weight excluding hydrogens is 324 g/mol. The molecule has 0 N–H and O–H groups in total. The van der Waals surface area contributed by atoms with E-state index in [1.54, 1.807) is 18.4 Å². The molecule has 1 amide bonds. The third-order valence-electron chi connectivity index (χ3n) is 3.52. The number of ether oxygens (including phenoxy) is 2. The van der Waals surface area contributed by atoms with E-state index in [2.05, 4.69) is 11.9 Å². The van der Waals surface area contributed by atoms with Crippen molar-refractivity contribution in [3.8, 4) is 11.5 Å². The summed E-state index contributed by atoms with van der Waals surface area (Å²) < 4.78 is 10.9. The number of nitrogens with zero attached hydrogens (tertiary/aromatic N) is 2. The van der Waals surface area contributed by atoms with Gasteiger partial charge < -0.3 is 14.4 Å². The molecular formula is C18H24N2O3S. The topological polar surface area (TPSA) is 51.7 Å². The van der Waals surface area contributed by atoms with Gasteiger partial charge in [-0.25, -0.2) is 4.98 Å². The lowest BCUT2D eigenvalue weighted by atomic mass is 10.3. The average molecular weight is 348 g/mol. The van der Waals surface area contributed by atoms with E-state index in [9.17, 15) is 4.79 Å². The van der Waals surface area contributed by atoms with Gasteiger partial charge in [0.25, 0.3) is 0 Å². The van der Waals surface area contributed by atoms with Gasteiger partial charge >= 0.3 is 0 Å². The van der Waals surface area contributed by atoms with Crippen LogP contribution in [0.4, 0.5) is 0 Å². The van der Waals surface area contributed by atoms with Crippen LogP contribution in [0.25, 0.3) is 0 Å². The SMILES string of the molecule is CCCN(Cc1csc(COc2ccc(OC)cc2)n1)C(=O)CC. The van der Waals surface area contributed by atoms with Crippen LogP contribution in [-0.2, 0) is 17.9 Å². The van der Waals surface area contributed by atoms with Crippen molar-refractivity contribution in [3.63, 3.8) is 0 Å². The molecule has 0 atom stereocenters. The molecule has 0 aliphatic carbocycles. The molecule has 1 aromatic heterocycles. The minimum atomic E-state index is 0.167. The molecule has 0 saturated carbocycles. The molecule has 2 aromatic rings. The number of amides is 1. The van der Waals surface area contributed by atoms with Crippen LogP contribution in [0.2, 0.25) is 0 Å². The number of carbonyl (C=O) groups excluding carboxylic acids is 1. The Hall–Kier alpha value is -2.08. The maximum absolute atomic E-state index is 11.9. The molecule has 2 rings (SSSR count). The van der Waals surface area contributed by atoms with Crippen LogP contribution >= 0.6 is 11.3 Å². The quantitative estimate of drug-likeness (QED) is 0.690. The lowest BCUT2D eigenvalue weighted by Crippen LogP contribution is -2.30. The van der Waals surface area contributed by atoms with Crippen molar-refractivity contribution in [2.75, 3.05) is 13.7 Å². The summed E-state index contributed by atoms with van der Waals surface area (Å²) in [6, 6.07) is 7.47. The zero-order chi connectivity index (χ0) is 17.4. The van der Waals surface area contributed by atoms with Crippen LogP contribution in [0.5, 0.6) is 11.5 Å². The summed E-state index contributed by atoms with van der Waals surface area (Å²) in [6.07, 6.45) is 1.47. The molecule has 0 aliphatic rings. The average Bonchev–Trinajstić information content (AvgIpc) is 3.07. The third kappa shape index (κ3) is 5.23. The Morgan fingerprint density at radius 2 is 1.92 bits per heavy atom. The second kappa shape index (κ2) is 9.27. The molecule has 6 heteroatoms. The van der Waals surface area contributed by atoms with Gasteiger partial charge in [-0.15, -0.1) is 11.3 Å². The van der Waals surface area contributed by atoms with Crippen molar-refractivity contribution < 1.29 is 14.3 Å². The van der Waals surface area contributed by atoms with Crippen LogP contribution in [0.15, 0.2) is 29.6 Å². The molecule has 130 valence electrons. The molecule has 0 aliphatic heterocycles. The van der Waals surface area contributed by atoms with Gasteiger partial charge in [0.2, 0.25) is 5.91 Å². The van der Waals surface area contributed by atoms with Gasteiger partial charge in [0, 0.05) is 18.3 Å². The van der Waals surface area contributed by atoms with E-state index in [1.807, 2.05) is 41.5 Å². The molecule has 0 spiro atoms. The van der Waals surface area contributed by atoms with Gasteiger partial charge in [-0.3, -0.25) is 4.79 Å². The summed E-state index contributed by atoms with van der Waals surface area (Å²) in [7, 11) is 1.64. The second-order valence-electron chi connectivity index (χ2n) is 5.37. The highest BCUT2D eigenvalue weighted by Gasteiger charge is 2.13. The van der Waals surface area contributed by atoms with Crippen molar-refractivity contribution in [3.05, 3.63) is 40.3 Å². The minimum Gasteiger partial charge on any atom is -0.497 e. The van der Waals surface area contributed by atoms with E-state index in [4.69, 9.17) is 9.47 Å². The zero-order valence-corrected chi connectivity index (χ0v) is 15.3. The Morgan fingerprint density at radius 1 is 1.21 bits per heavy atom. The number of hydrogen-bond acceptors (Lipinski definition) is 5. The molecule has 24 heavy (non-hydrogen) atoms. The highest BCUT2D eigenvalue weighted by atomic mass is 32.1. The van der Waals surface area contributed by atoms with Crippen LogP contribution in [0.3, 0.4) is 0 Å². The fourth-order valence-electron chi connectivity index (χ4n) is 2.29. The maximum Gasteiger partial charge on any atom is 0.222 e. The monoisotopic (exact) mass is 348 g/mol. The molecule has 1 aromatic carbocycles. The lowest BCUT2D eigenvalue weighted by Gasteiger charge is -2.20. The number of benzene rings is 1. The Morgan fingerprint density at radius 3 is 2.54 bits per heavy atom. The molecule has 0 saturated heterocycles. The lowest BCUT2D eigenvalue weighted by molar-refractivity contribution is -0.131. The summed E-state index contributed by atoms with van der Waals surface area (Å²) in [6.45, 7) is 5.72. The summed E-state index contributed by atoms with van der Waals surface area (Å²) in [5.41, 5.74) is 0.920. The van der Waals surface area contributed by atoms with Gasteiger partial charge in [0.15, 0.2) is 0 Å². The first-order chi connectivity index (χ1) is 11.7. The third-order valence-corrected chi connectivity index (χ3v) is 4.39. The van der Waals surface area contributed by atoms with Crippen molar-refractivity contribution in [2.24, 2.45) is 0 Å². The van der Waals surface area contributed by atoms with E-state index >= 15 is 0 Å². The molecule has 0 bridgehead atoms. The Balaban J connectivity index is 1.90. The van der Waals surface area contributed by atoms with Crippen molar-refractivity contribution in [1.82, 2.24) is 9.88 Å². The summed E-state index contributed by atoms with van der Waals surface area (Å²) in [4.78, 5) is 18.4. The molecule has 1 heterocycles. The molecule has 5 nitrogen and oxygen atoms in total. The van der Waals surface area contributed by atoms with Crippen LogP contribution in [0.1, 0.15) is 37.4 Å². The number of thiazole rings is 1. The first-order valence-electron chi connectivity index (χ1n) is 8.14. The minimum absolute atomic E-state index is 0.167. The molecule has 0 fully saturated rings. The highest BCUT2D eigenvalue weighted by molar-refractivity contribution is 7.09. The summed E-state index contributed by atoms with van der Waals surface area (Å²) in [5.74, 6) is 1.75. The van der Waals surface area contributed by atoms with Crippen LogP contribution < -0.4 is 9.47 Å². The number of rotatable bonds is 9. The largest absolute Gasteiger partial charge is 0.497 e. The molecule has 0 radical (unpaired) electrons. The Bertz CT molecular complexity index is 640. The van der Waals surface area contributed by atoms with Gasteiger partial charge in [-0.05, 0) is 30.7 Å². The first-order valence-corrected chi connectivity index (χ1v) is 9.02. The first kappa shape index (κ1) is 18.3. The van der Waals surface area contributed by atoms with Crippen LogP contribution in [-0.4, -0.2) is 29.4 Å². The van der Waals surface area contributed by atoms with E-state index < -0.39 is 0 Å². The Kier molecular flexibility index (Phi) is 7.06. The van der Waals surface area contributed by atoms with E-state index in [0.717, 1.165) is 35.2 Å². The van der Waals surface area contributed by atoms with Gasteiger partial charge in [-0.2, -0.15) is 0 Å².